The Balaban J connectivity index is 2.04. The van der Waals surface area contributed by atoms with E-state index in [9.17, 15) is 9.18 Å². The third kappa shape index (κ3) is 3.45. The second-order valence-electron chi connectivity index (χ2n) is 4.80. The molecular formula is C15H16FNO3. The van der Waals surface area contributed by atoms with E-state index >= 15 is 0 Å². The van der Waals surface area contributed by atoms with Crippen molar-refractivity contribution in [1.29, 1.82) is 0 Å². The Hall–Kier alpha value is -2.14. The maximum atomic E-state index is 13.8. The fourth-order valence-electron chi connectivity index (χ4n) is 1.99. The fraction of sp³-hybridized carbons (Fsp3) is 0.267. The van der Waals surface area contributed by atoms with Crippen LogP contribution in [0, 0.1) is 12.7 Å². The van der Waals surface area contributed by atoms with E-state index in [1.807, 2.05) is 31.0 Å². The first-order chi connectivity index (χ1) is 9.45. The van der Waals surface area contributed by atoms with Crippen LogP contribution in [0.1, 0.15) is 27.4 Å². The van der Waals surface area contributed by atoms with E-state index in [4.69, 9.17) is 9.52 Å². The van der Waals surface area contributed by atoms with Gasteiger partial charge in [0.2, 0.25) is 0 Å². The second-order valence-corrected chi connectivity index (χ2v) is 4.80. The highest BCUT2D eigenvalue weighted by atomic mass is 19.1. The molecule has 1 aromatic carbocycles. The smallest absolute Gasteiger partial charge is 0.335 e. The van der Waals surface area contributed by atoms with Gasteiger partial charge in [0.25, 0.3) is 0 Å². The summed E-state index contributed by atoms with van der Waals surface area (Å²) in [5, 5.41) is 8.79. The van der Waals surface area contributed by atoms with Gasteiger partial charge in [-0.25, -0.2) is 9.18 Å². The highest BCUT2D eigenvalue weighted by Gasteiger charge is 2.11. The third-order valence-electron chi connectivity index (χ3n) is 2.96. The summed E-state index contributed by atoms with van der Waals surface area (Å²) >= 11 is 0. The van der Waals surface area contributed by atoms with E-state index in [1.54, 1.807) is 0 Å². The molecule has 1 N–H and O–H groups in total. The van der Waals surface area contributed by atoms with Crippen LogP contribution in [-0.4, -0.2) is 23.0 Å². The van der Waals surface area contributed by atoms with E-state index in [0.717, 1.165) is 17.6 Å². The Labute approximate surface area is 116 Å². The number of aromatic carboxylic acids is 1. The van der Waals surface area contributed by atoms with Gasteiger partial charge in [-0.15, -0.1) is 0 Å². The number of carboxylic acid groups (broad SMARTS) is 1. The van der Waals surface area contributed by atoms with Crippen molar-refractivity contribution >= 4 is 5.97 Å². The molecular weight excluding hydrogens is 261 g/mol. The third-order valence-corrected chi connectivity index (χ3v) is 2.96. The van der Waals surface area contributed by atoms with Crippen LogP contribution in [0.2, 0.25) is 0 Å². The number of carboxylic acids is 1. The van der Waals surface area contributed by atoms with Crippen molar-refractivity contribution in [2.24, 2.45) is 0 Å². The summed E-state index contributed by atoms with van der Waals surface area (Å²) in [6.07, 6.45) is 0. The number of hydrogen-bond acceptors (Lipinski definition) is 3. The lowest BCUT2D eigenvalue weighted by atomic mass is 10.1. The zero-order valence-electron chi connectivity index (χ0n) is 11.4. The molecule has 0 aliphatic rings. The molecule has 1 heterocycles. The zero-order valence-corrected chi connectivity index (χ0v) is 11.4. The Morgan fingerprint density at radius 2 is 2.05 bits per heavy atom. The molecule has 1 aromatic heterocycles. The van der Waals surface area contributed by atoms with Crippen molar-refractivity contribution in [3.8, 4) is 0 Å². The van der Waals surface area contributed by atoms with Crippen LogP contribution in [0.25, 0.3) is 0 Å². The molecule has 2 rings (SSSR count). The first kappa shape index (κ1) is 14.3. The van der Waals surface area contributed by atoms with Crippen molar-refractivity contribution < 1.29 is 18.7 Å². The summed E-state index contributed by atoms with van der Waals surface area (Å²) in [5.74, 6) is 0.0141. The molecule has 20 heavy (non-hydrogen) atoms. The Morgan fingerprint density at radius 1 is 1.30 bits per heavy atom. The Kier molecular flexibility index (Phi) is 4.20. The summed E-state index contributed by atoms with van der Waals surface area (Å²) in [7, 11) is 1.85. The van der Waals surface area contributed by atoms with Gasteiger partial charge in [0, 0.05) is 12.1 Å². The molecule has 0 saturated heterocycles. The summed E-state index contributed by atoms with van der Waals surface area (Å²) in [6, 6.07) is 7.72. The highest BCUT2D eigenvalue weighted by Crippen LogP contribution is 2.15. The SMILES string of the molecule is Cc1ccc(CN(C)Cc2ccc(C(=O)O)cc2F)o1. The van der Waals surface area contributed by atoms with E-state index in [0.29, 0.717) is 18.7 Å². The van der Waals surface area contributed by atoms with E-state index in [2.05, 4.69) is 0 Å². The predicted octanol–water partition coefficient (Wildman–Crippen LogP) is 3.06. The van der Waals surface area contributed by atoms with Crippen LogP contribution in [0.15, 0.2) is 34.7 Å². The lowest BCUT2D eigenvalue weighted by molar-refractivity contribution is 0.0696. The van der Waals surface area contributed by atoms with Crippen molar-refractivity contribution in [3.05, 3.63) is 58.8 Å². The fourth-order valence-corrected chi connectivity index (χ4v) is 1.99. The number of aryl methyl sites for hydroxylation is 1. The van der Waals surface area contributed by atoms with Gasteiger partial charge in [0.15, 0.2) is 0 Å². The predicted molar refractivity (Wildman–Crippen MR) is 72.0 cm³/mol. The van der Waals surface area contributed by atoms with Crippen molar-refractivity contribution in [2.45, 2.75) is 20.0 Å². The standard InChI is InChI=1S/C15H16FNO3/c1-10-3-6-13(20-10)9-17(2)8-12-5-4-11(15(18)19)7-14(12)16/h3-7H,8-9H2,1-2H3,(H,18,19). The molecule has 0 saturated carbocycles. The monoisotopic (exact) mass is 277 g/mol. The first-order valence-corrected chi connectivity index (χ1v) is 6.21. The number of carbonyl (C=O) groups is 1. The number of hydrogen-bond donors (Lipinski definition) is 1. The largest absolute Gasteiger partial charge is 0.478 e. The Bertz CT molecular complexity index is 621. The highest BCUT2D eigenvalue weighted by molar-refractivity contribution is 5.87. The van der Waals surface area contributed by atoms with E-state index in [1.165, 1.54) is 12.1 Å². The lowest BCUT2D eigenvalue weighted by Crippen LogP contribution is -2.18. The maximum absolute atomic E-state index is 13.8. The molecule has 0 unspecified atom stereocenters. The van der Waals surface area contributed by atoms with Gasteiger partial charge in [0.05, 0.1) is 12.1 Å². The zero-order chi connectivity index (χ0) is 14.7. The summed E-state index contributed by atoms with van der Waals surface area (Å²) in [5.41, 5.74) is 0.413. The molecule has 0 aliphatic carbocycles. The molecule has 0 radical (unpaired) electrons. The molecule has 0 amide bonds. The molecule has 2 aromatic rings. The summed E-state index contributed by atoms with van der Waals surface area (Å²) in [4.78, 5) is 12.6. The number of rotatable bonds is 5. The van der Waals surface area contributed by atoms with Crippen LogP contribution < -0.4 is 0 Å². The number of benzene rings is 1. The van der Waals surface area contributed by atoms with E-state index in [-0.39, 0.29) is 5.56 Å². The quantitative estimate of drug-likeness (QED) is 0.912. The van der Waals surface area contributed by atoms with Crippen molar-refractivity contribution in [2.75, 3.05) is 7.05 Å². The average molecular weight is 277 g/mol. The number of furan rings is 1. The molecule has 106 valence electrons. The average Bonchev–Trinajstić information content (AvgIpc) is 2.77. The van der Waals surface area contributed by atoms with Gasteiger partial charge in [-0.1, -0.05) is 6.07 Å². The van der Waals surface area contributed by atoms with Crippen LogP contribution in [0.5, 0.6) is 0 Å². The number of halogens is 1. The van der Waals surface area contributed by atoms with Gasteiger partial charge in [-0.2, -0.15) is 0 Å². The van der Waals surface area contributed by atoms with E-state index < -0.39 is 11.8 Å². The molecule has 0 atom stereocenters. The van der Waals surface area contributed by atoms with Gasteiger partial charge in [0.1, 0.15) is 17.3 Å². The summed E-state index contributed by atoms with van der Waals surface area (Å²) in [6.45, 7) is 2.81. The van der Waals surface area contributed by atoms with Crippen molar-refractivity contribution in [3.63, 3.8) is 0 Å². The molecule has 0 bridgehead atoms. The first-order valence-electron chi connectivity index (χ1n) is 6.21. The van der Waals surface area contributed by atoms with Gasteiger partial charge in [-0.3, -0.25) is 4.90 Å². The summed E-state index contributed by atoms with van der Waals surface area (Å²) < 4.78 is 19.3. The lowest BCUT2D eigenvalue weighted by Gasteiger charge is -2.15. The minimum atomic E-state index is -1.13. The van der Waals surface area contributed by atoms with Gasteiger partial charge < -0.3 is 9.52 Å². The van der Waals surface area contributed by atoms with Gasteiger partial charge >= 0.3 is 5.97 Å². The minimum absolute atomic E-state index is 0.0458. The Morgan fingerprint density at radius 3 is 2.60 bits per heavy atom. The number of nitrogens with zero attached hydrogens (tertiary/aromatic N) is 1. The molecule has 5 heteroatoms. The molecule has 0 fully saturated rings. The molecule has 0 aliphatic heterocycles. The van der Waals surface area contributed by atoms with Crippen LogP contribution in [-0.2, 0) is 13.1 Å². The van der Waals surface area contributed by atoms with Crippen molar-refractivity contribution in [1.82, 2.24) is 4.90 Å². The second kappa shape index (κ2) is 5.88. The van der Waals surface area contributed by atoms with Crippen LogP contribution in [0.4, 0.5) is 4.39 Å². The molecule has 4 nitrogen and oxygen atoms in total. The van der Waals surface area contributed by atoms with Gasteiger partial charge in [-0.05, 0) is 38.2 Å². The van der Waals surface area contributed by atoms with Crippen LogP contribution in [0.3, 0.4) is 0 Å². The topological polar surface area (TPSA) is 53.7 Å². The van der Waals surface area contributed by atoms with Crippen LogP contribution >= 0.6 is 0 Å². The normalized spacial score (nSPS) is 11.0. The molecule has 0 spiro atoms. The minimum Gasteiger partial charge on any atom is -0.478 e. The maximum Gasteiger partial charge on any atom is 0.335 e.